The molecule has 1 aliphatic heterocycles. The van der Waals surface area contributed by atoms with E-state index in [4.69, 9.17) is 15.4 Å². The summed E-state index contributed by atoms with van der Waals surface area (Å²) in [5, 5.41) is 10.3. The summed E-state index contributed by atoms with van der Waals surface area (Å²) < 4.78 is 56.1. The van der Waals surface area contributed by atoms with Crippen LogP contribution in [0.1, 0.15) is 12.3 Å². The van der Waals surface area contributed by atoms with E-state index < -0.39 is 54.2 Å². The highest BCUT2D eigenvalue weighted by molar-refractivity contribution is 8.00. The molecule has 198 valence electrons. The van der Waals surface area contributed by atoms with Gasteiger partial charge < -0.3 is 30.1 Å². The molecule has 0 radical (unpaired) electrons. The van der Waals surface area contributed by atoms with Crippen LogP contribution in [0.3, 0.4) is 0 Å². The first-order valence-corrected chi connectivity index (χ1v) is 12.7. The molecule has 6 atom stereocenters. The number of thioether (sulfide) groups is 1. The molecule has 17 heteroatoms. The SMILES string of the molecule is COC(=O)[C@H](C)NP(=O)(O)OOc1ccc(F)cc1OC[C@H]1S[C@@H](n2ccc(N)nc2=O)[C@@H](F)[C@@H]1O. The lowest BCUT2D eigenvalue weighted by Crippen LogP contribution is -2.34. The van der Waals surface area contributed by atoms with Gasteiger partial charge in [-0.3, -0.25) is 9.36 Å². The van der Waals surface area contributed by atoms with Gasteiger partial charge in [-0.1, -0.05) is 4.67 Å². The number of aliphatic hydroxyl groups is 1. The molecule has 2 heterocycles. The molecule has 0 spiro atoms. The number of aromatic nitrogens is 2. The van der Waals surface area contributed by atoms with E-state index in [0.29, 0.717) is 0 Å². The maximum Gasteiger partial charge on any atom is 0.440 e. The highest BCUT2D eigenvalue weighted by Crippen LogP contribution is 2.44. The van der Waals surface area contributed by atoms with Crippen LogP contribution >= 0.6 is 19.5 Å². The summed E-state index contributed by atoms with van der Waals surface area (Å²) in [6, 6.07) is 2.95. The summed E-state index contributed by atoms with van der Waals surface area (Å²) in [5.74, 6) is -2.27. The predicted octanol–water partition coefficient (Wildman–Crippen LogP) is 0.918. The molecule has 1 unspecified atom stereocenters. The van der Waals surface area contributed by atoms with Crippen LogP contribution in [0.25, 0.3) is 0 Å². The fraction of sp³-hybridized carbons (Fsp3) is 0.421. The zero-order valence-electron chi connectivity index (χ0n) is 18.8. The van der Waals surface area contributed by atoms with Crippen molar-refractivity contribution in [3.63, 3.8) is 0 Å². The van der Waals surface area contributed by atoms with Gasteiger partial charge in [-0.25, -0.2) is 23.2 Å². The van der Waals surface area contributed by atoms with Crippen LogP contribution < -0.4 is 26.1 Å². The second-order valence-electron chi connectivity index (χ2n) is 7.50. The van der Waals surface area contributed by atoms with Crippen molar-refractivity contribution in [2.45, 2.75) is 35.9 Å². The number of nitrogens with zero attached hydrogens (tertiary/aromatic N) is 2. The van der Waals surface area contributed by atoms with Crippen molar-refractivity contribution >= 4 is 31.3 Å². The fourth-order valence-electron chi connectivity index (χ4n) is 3.11. The Balaban J connectivity index is 1.67. The summed E-state index contributed by atoms with van der Waals surface area (Å²) in [6.07, 6.45) is -2.16. The molecule has 0 aliphatic carbocycles. The largest absolute Gasteiger partial charge is 0.488 e. The molecule has 1 aromatic carbocycles. The van der Waals surface area contributed by atoms with Crippen molar-refractivity contribution in [3.8, 4) is 11.5 Å². The van der Waals surface area contributed by atoms with Crippen LogP contribution in [0.2, 0.25) is 0 Å². The average Bonchev–Trinajstić information content (AvgIpc) is 3.09. The van der Waals surface area contributed by atoms with Crippen molar-refractivity contribution in [1.82, 2.24) is 14.6 Å². The number of benzene rings is 1. The Hall–Kier alpha value is -2.75. The minimum Gasteiger partial charge on any atom is -0.488 e. The molecule has 1 aliphatic rings. The molecule has 36 heavy (non-hydrogen) atoms. The maximum absolute atomic E-state index is 14.8. The number of nitrogens with two attached hydrogens (primary N) is 1. The molecule has 0 bridgehead atoms. The van der Waals surface area contributed by atoms with Crippen LogP contribution in [0.4, 0.5) is 14.6 Å². The Morgan fingerprint density at radius 3 is 2.78 bits per heavy atom. The van der Waals surface area contributed by atoms with Crippen molar-refractivity contribution in [2.75, 3.05) is 19.5 Å². The number of aliphatic hydroxyl groups excluding tert-OH is 1. The Bertz CT molecular complexity index is 1210. The van der Waals surface area contributed by atoms with Crippen LogP contribution in [0, 0.1) is 5.82 Å². The van der Waals surface area contributed by atoms with Crippen LogP contribution in [0.5, 0.6) is 11.5 Å². The van der Waals surface area contributed by atoms with Crippen molar-refractivity contribution in [3.05, 3.63) is 46.8 Å². The third-order valence-corrected chi connectivity index (χ3v) is 7.39. The number of anilines is 1. The van der Waals surface area contributed by atoms with Crippen LogP contribution in [0.15, 0.2) is 35.3 Å². The molecule has 1 saturated heterocycles. The quantitative estimate of drug-likeness (QED) is 0.141. The third-order valence-electron chi connectivity index (χ3n) is 4.87. The lowest BCUT2D eigenvalue weighted by molar-refractivity contribution is -0.143. The first-order chi connectivity index (χ1) is 16.9. The van der Waals surface area contributed by atoms with Crippen molar-refractivity contribution < 1.29 is 47.2 Å². The van der Waals surface area contributed by atoms with Crippen molar-refractivity contribution in [2.24, 2.45) is 0 Å². The smallest absolute Gasteiger partial charge is 0.440 e. The van der Waals surface area contributed by atoms with Gasteiger partial charge in [0.1, 0.15) is 35.8 Å². The molecule has 1 aromatic heterocycles. The monoisotopic (exact) mass is 552 g/mol. The summed E-state index contributed by atoms with van der Waals surface area (Å²) in [4.78, 5) is 41.7. The van der Waals surface area contributed by atoms with E-state index in [-0.39, 0.29) is 23.9 Å². The van der Waals surface area contributed by atoms with Gasteiger partial charge in [-0.2, -0.15) is 4.98 Å². The number of carbonyl (C=O) groups excluding carboxylic acids is 1. The standard InChI is InChI=1S/C19H23F2N4O9PS/c1-9(18(27)31-2)24-35(29,30)34-33-11-4-3-10(20)7-12(11)32-8-13-16(26)15(21)17(36-13)25-6-5-14(22)23-19(25)28/h3-7,9,13,15-17,26H,8H2,1-2H3,(H2,22,23,28)(H2,24,29,30)/t9-,13+,15-,16+,17+/m0/s1. The van der Waals surface area contributed by atoms with Gasteiger partial charge in [-0.05, 0) is 25.1 Å². The Morgan fingerprint density at radius 2 is 2.11 bits per heavy atom. The summed E-state index contributed by atoms with van der Waals surface area (Å²) >= 11 is 0.887. The molecule has 0 amide bonds. The van der Waals surface area contributed by atoms with E-state index in [1.807, 2.05) is 5.09 Å². The highest BCUT2D eigenvalue weighted by atomic mass is 32.2. The average molecular weight is 552 g/mol. The number of rotatable bonds is 10. The number of nitrogens with one attached hydrogen (secondary N) is 1. The van der Waals surface area contributed by atoms with Crippen molar-refractivity contribution in [1.29, 1.82) is 0 Å². The van der Waals surface area contributed by atoms with Gasteiger partial charge in [0.2, 0.25) is 5.75 Å². The maximum atomic E-state index is 14.8. The first kappa shape index (κ1) is 27.8. The number of methoxy groups -OCH3 is 1. The highest BCUT2D eigenvalue weighted by Gasteiger charge is 2.45. The molecule has 0 saturated carbocycles. The fourth-order valence-corrected chi connectivity index (χ4v) is 5.34. The summed E-state index contributed by atoms with van der Waals surface area (Å²) in [6.45, 7) is 0.878. The third kappa shape index (κ3) is 6.72. The lowest BCUT2D eigenvalue weighted by atomic mass is 10.1. The molecule has 5 N–H and O–H groups in total. The number of nitrogen functional groups attached to an aromatic ring is 1. The van der Waals surface area contributed by atoms with Crippen LogP contribution in [-0.4, -0.2) is 62.8 Å². The number of hydrogen-bond donors (Lipinski definition) is 4. The number of halogens is 2. The topological polar surface area (TPSA) is 184 Å². The molecule has 13 nitrogen and oxygen atoms in total. The van der Waals surface area contributed by atoms with Gasteiger partial charge >= 0.3 is 19.4 Å². The number of carbonyl (C=O) groups is 1. The van der Waals surface area contributed by atoms with Gasteiger partial charge in [0.05, 0.1) is 12.4 Å². The Morgan fingerprint density at radius 1 is 1.39 bits per heavy atom. The van der Waals surface area contributed by atoms with E-state index >= 15 is 0 Å². The Labute approximate surface area is 207 Å². The Kier molecular flexibility index (Phi) is 8.92. The zero-order valence-corrected chi connectivity index (χ0v) is 20.5. The van der Waals surface area contributed by atoms with E-state index in [1.54, 1.807) is 0 Å². The number of ether oxygens (including phenoxy) is 2. The van der Waals surface area contributed by atoms with E-state index in [1.165, 1.54) is 19.2 Å². The first-order valence-electron chi connectivity index (χ1n) is 10.2. The van der Waals surface area contributed by atoms with E-state index in [2.05, 4.69) is 14.4 Å². The number of hydrogen-bond acceptors (Lipinski definition) is 11. The van der Waals surface area contributed by atoms with Gasteiger partial charge in [0.15, 0.2) is 11.9 Å². The molecule has 2 aromatic rings. The normalized spacial score (nSPS) is 24.1. The molecule has 3 rings (SSSR count). The predicted molar refractivity (Wildman–Crippen MR) is 122 cm³/mol. The number of alkyl halides is 1. The minimum absolute atomic E-state index is 0.0432. The molecule has 1 fully saturated rings. The molecular weight excluding hydrogens is 529 g/mol. The van der Waals surface area contributed by atoms with Gasteiger partial charge in [-0.15, -0.1) is 11.8 Å². The summed E-state index contributed by atoms with van der Waals surface area (Å²) in [7, 11) is -3.60. The minimum atomic E-state index is -4.68. The second kappa shape index (κ2) is 11.5. The zero-order chi connectivity index (χ0) is 26.6. The summed E-state index contributed by atoms with van der Waals surface area (Å²) in [5.41, 5.74) is 4.64. The number of esters is 1. The lowest BCUT2D eigenvalue weighted by Gasteiger charge is -2.18. The van der Waals surface area contributed by atoms with Crippen LogP contribution in [-0.2, 0) is 18.8 Å². The second-order valence-corrected chi connectivity index (χ2v) is 10.3. The van der Waals surface area contributed by atoms with Gasteiger partial charge in [0.25, 0.3) is 0 Å². The van der Waals surface area contributed by atoms with E-state index in [0.717, 1.165) is 41.6 Å². The molecular formula is C19H23F2N4O9PS. The van der Waals surface area contributed by atoms with Gasteiger partial charge in [0, 0.05) is 12.3 Å². The van der Waals surface area contributed by atoms with E-state index in [9.17, 15) is 32.9 Å².